The zero-order valence-corrected chi connectivity index (χ0v) is 15.1. The highest BCUT2D eigenvalue weighted by molar-refractivity contribution is 5.59. The average Bonchev–Trinajstić information content (AvgIpc) is 3.20. The number of piperidine rings is 1. The number of aryl methyl sites for hydroxylation is 1. The van der Waals surface area contributed by atoms with E-state index in [0.29, 0.717) is 5.92 Å². The molecule has 1 unspecified atom stereocenters. The minimum atomic E-state index is 0.582. The van der Waals surface area contributed by atoms with Gasteiger partial charge >= 0.3 is 0 Å². The van der Waals surface area contributed by atoms with E-state index in [1.165, 1.54) is 53.3 Å². The van der Waals surface area contributed by atoms with E-state index in [2.05, 4.69) is 53.9 Å². The molecule has 0 amide bonds. The third kappa shape index (κ3) is 2.53. The van der Waals surface area contributed by atoms with Gasteiger partial charge in [0.15, 0.2) is 0 Å². The minimum Gasteiger partial charge on any atom is -0.369 e. The van der Waals surface area contributed by atoms with Crippen LogP contribution in [0.1, 0.15) is 48.1 Å². The number of benzene rings is 1. The summed E-state index contributed by atoms with van der Waals surface area (Å²) in [7, 11) is 0. The lowest BCUT2D eigenvalue weighted by atomic mass is 9.92. The zero-order chi connectivity index (χ0) is 16.7. The van der Waals surface area contributed by atoms with Crippen LogP contribution in [0.4, 0.5) is 5.82 Å². The summed E-state index contributed by atoms with van der Waals surface area (Å²) in [6.45, 7) is 11.2. The first-order valence-electron chi connectivity index (χ1n) is 9.33. The van der Waals surface area contributed by atoms with Gasteiger partial charge in [-0.05, 0) is 63.4 Å². The molecule has 4 heteroatoms. The molecule has 2 aliphatic heterocycles. The Kier molecular flexibility index (Phi) is 4.09. The minimum absolute atomic E-state index is 0.582. The summed E-state index contributed by atoms with van der Waals surface area (Å²) in [6.07, 6.45) is 3.67. The molecular weight excluding hydrogens is 296 g/mol. The summed E-state index contributed by atoms with van der Waals surface area (Å²) < 4.78 is 2.17. The number of rotatable bonds is 3. The van der Waals surface area contributed by atoms with Crippen molar-refractivity contribution in [2.75, 3.05) is 31.5 Å². The Morgan fingerprint density at radius 1 is 1.29 bits per heavy atom. The molecule has 24 heavy (non-hydrogen) atoms. The quantitative estimate of drug-likeness (QED) is 0.935. The Bertz CT molecular complexity index is 746. The van der Waals surface area contributed by atoms with E-state index in [1.807, 2.05) is 0 Å². The number of likely N-dealkylation sites (N-methyl/N-ethyl adjacent to an activating group) is 1. The number of aromatic nitrogens is 2. The summed E-state index contributed by atoms with van der Waals surface area (Å²) in [5.41, 5.74) is 6.66. The van der Waals surface area contributed by atoms with Crippen molar-refractivity contribution in [3.8, 4) is 5.69 Å². The van der Waals surface area contributed by atoms with Crippen molar-refractivity contribution in [3.63, 3.8) is 0 Å². The van der Waals surface area contributed by atoms with Crippen LogP contribution in [0, 0.1) is 13.8 Å². The third-order valence-corrected chi connectivity index (χ3v) is 5.83. The zero-order valence-electron chi connectivity index (χ0n) is 15.1. The van der Waals surface area contributed by atoms with Gasteiger partial charge in [0.2, 0.25) is 0 Å². The van der Waals surface area contributed by atoms with Crippen LogP contribution in [0.2, 0.25) is 0 Å². The second-order valence-electron chi connectivity index (χ2n) is 7.25. The highest BCUT2D eigenvalue weighted by atomic mass is 15.3. The van der Waals surface area contributed by atoms with Crippen LogP contribution in [0.3, 0.4) is 0 Å². The van der Waals surface area contributed by atoms with Gasteiger partial charge in [-0.25, -0.2) is 4.68 Å². The molecule has 1 fully saturated rings. The number of hydrogen-bond acceptors (Lipinski definition) is 3. The number of fused-ring (bicyclic) bond motifs is 1. The Morgan fingerprint density at radius 3 is 3.00 bits per heavy atom. The van der Waals surface area contributed by atoms with Gasteiger partial charge in [-0.15, -0.1) is 0 Å². The number of likely N-dealkylation sites (tertiary alicyclic amines) is 1. The molecule has 1 N–H and O–H groups in total. The van der Waals surface area contributed by atoms with Crippen LogP contribution in [-0.2, 0) is 6.42 Å². The number of nitrogens with one attached hydrogen (secondary N) is 1. The Balaban J connectivity index is 1.77. The fraction of sp³-hybridized carbons (Fsp3) is 0.550. The smallest absolute Gasteiger partial charge is 0.133 e. The van der Waals surface area contributed by atoms with E-state index in [0.717, 1.165) is 26.1 Å². The maximum absolute atomic E-state index is 5.12. The average molecular weight is 324 g/mol. The maximum atomic E-state index is 5.12. The Morgan fingerprint density at radius 2 is 2.17 bits per heavy atom. The van der Waals surface area contributed by atoms with Crippen LogP contribution in [-0.4, -0.2) is 40.9 Å². The topological polar surface area (TPSA) is 33.1 Å². The molecule has 0 aliphatic carbocycles. The van der Waals surface area contributed by atoms with E-state index < -0.39 is 0 Å². The van der Waals surface area contributed by atoms with Crippen LogP contribution >= 0.6 is 0 Å². The Hall–Kier alpha value is -1.81. The molecule has 128 valence electrons. The van der Waals surface area contributed by atoms with E-state index in [-0.39, 0.29) is 0 Å². The van der Waals surface area contributed by atoms with Crippen molar-refractivity contribution < 1.29 is 0 Å². The predicted octanol–water partition coefficient (Wildman–Crippen LogP) is 3.66. The fourth-order valence-corrected chi connectivity index (χ4v) is 4.23. The molecule has 1 saturated heterocycles. The molecule has 0 bridgehead atoms. The van der Waals surface area contributed by atoms with Crippen molar-refractivity contribution in [1.82, 2.24) is 14.7 Å². The van der Waals surface area contributed by atoms with Crippen molar-refractivity contribution in [3.05, 3.63) is 40.6 Å². The summed E-state index contributed by atoms with van der Waals surface area (Å²) in [4.78, 5) is 2.57. The van der Waals surface area contributed by atoms with Gasteiger partial charge in [-0.1, -0.05) is 19.1 Å². The van der Waals surface area contributed by atoms with Gasteiger partial charge in [-0.2, -0.15) is 5.10 Å². The molecule has 4 rings (SSSR count). The fourth-order valence-electron chi connectivity index (χ4n) is 4.23. The predicted molar refractivity (Wildman–Crippen MR) is 99.3 cm³/mol. The number of hydrogen-bond donors (Lipinski definition) is 1. The van der Waals surface area contributed by atoms with E-state index in [1.54, 1.807) is 0 Å². The van der Waals surface area contributed by atoms with Gasteiger partial charge in [0.1, 0.15) is 5.82 Å². The second-order valence-corrected chi connectivity index (χ2v) is 7.25. The van der Waals surface area contributed by atoms with Crippen molar-refractivity contribution >= 4 is 5.82 Å². The monoisotopic (exact) mass is 324 g/mol. The molecule has 0 spiro atoms. The molecule has 1 aromatic carbocycles. The summed E-state index contributed by atoms with van der Waals surface area (Å²) in [5.74, 6) is 1.81. The standard InChI is InChI=1S/C20H28N4/c1-4-23-12-6-8-16(13-23)19-17-10-11-21-20(17)24(22-19)18-9-5-7-14(2)15(18)3/h5,7,9,16,21H,4,6,8,10-13H2,1-3H3. The van der Waals surface area contributed by atoms with Crippen LogP contribution in [0.15, 0.2) is 18.2 Å². The number of nitrogens with zero attached hydrogens (tertiary/aromatic N) is 3. The second kappa shape index (κ2) is 6.25. The van der Waals surface area contributed by atoms with Gasteiger partial charge in [0.25, 0.3) is 0 Å². The molecule has 2 aliphatic rings. The van der Waals surface area contributed by atoms with Crippen molar-refractivity contribution in [2.45, 2.75) is 46.0 Å². The molecule has 0 radical (unpaired) electrons. The highest BCUT2D eigenvalue weighted by Gasteiger charge is 2.30. The van der Waals surface area contributed by atoms with Gasteiger partial charge in [0.05, 0.1) is 11.4 Å². The molecule has 1 atom stereocenters. The third-order valence-electron chi connectivity index (χ3n) is 5.83. The summed E-state index contributed by atoms with van der Waals surface area (Å²) >= 11 is 0. The van der Waals surface area contributed by atoms with Gasteiger partial charge in [-0.3, -0.25) is 0 Å². The molecule has 0 saturated carbocycles. The number of anilines is 1. The molecule has 4 nitrogen and oxygen atoms in total. The van der Waals surface area contributed by atoms with Crippen LogP contribution < -0.4 is 5.32 Å². The Labute approximate surface area is 144 Å². The molecule has 2 aromatic rings. The molecule has 3 heterocycles. The van der Waals surface area contributed by atoms with E-state index in [4.69, 9.17) is 5.10 Å². The first-order chi connectivity index (χ1) is 11.7. The lowest BCUT2D eigenvalue weighted by molar-refractivity contribution is 0.215. The maximum Gasteiger partial charge on any atom is 0.133 e. The largest absolute Gasteiger partial charge is 0.369 e. The van der Waals surface area contributed by atoms with Crippen LogP contribution in [0.5, 0.6) is 0 Å². The lowest BCUT2D eigenvalue weighted by Gasteiger charge is -2.31. The van der Waals surface area contributed by atoms with Crippen LogP contribution in [0.25, 0.3) is 5.69 Å². The van der Waals surface area contributed by atoms with Gasteiger partial charge in [0, 0.05) is 24.6 Å². The normalized spacial score (nSPS) is 20.9. The van der Waals surface area contributed by atoms with Crippen molar-refractivity contribution in [2.24, 2.45) is 0 Å². The lowest BCUT2D eigenvalue weighted by Crippen LogP contribution is -2.34. The SMILES string of the molecule is CCN1CCCC(c2nn(-c3cccc(C)c3C)c3c2CCN3)C1. The van der Waals surface area contributed by atoms with Gasteiger partial charge < -0.3 is 10.2 Å². The summed E-state index contributed by atoms with van der Waals surface area (Å²) in [5, 5.41) is 8.71. The molecule has 1 aromatic heterocycles. The summed E-state index contributed by atoms with van der Waals surface area (Å²) in [6, 6.07) is 6.51. The van der Waals surface area contributed by atoms with E-state index >= 15 is 0 Å². The van der Waals surface area contributed by atoms with Crippen molar-refractivity contribution in [1.29, 1.82) is 0 Å². The van der Waals surface area contributed by atoms with E-state index in [9.17, 15) is 0 Å². The first kappa shape index (κ1) is 15.7. The highest BCUT2D eigenvalue weighted by Crippen LogP contribution is 2.36. The molecular formula is C20H28N4. The first-order valence-corrected chi connectivity index (χ1v) is 9.33.